The van der Waals surface area contributed by atoms with Crippen molar-refractivity contribution in [3.05, 3.63) is 96.3 Å². The van der Waals surface area contributed by atoms with Crippen molar-refractivity contribution in [2.24, 2.45) is 0 Å². The van der Waals surface area contributed by atoms with Crippen LogP contribution < -0.4 is 14.8 Å². The molecule has 0 unspecified atom stereocenters. The van der Waals surface area contributed by atoms with Gasteiger partial charge in [0.1, 0.15) is 12.4 Å². The number of aromatic nitrogens is 2. The number of amides is 1. The highest BCUT2D eigenvalue weighted by atomic mass is 16.5. The number of benzene rings is 3. The molecule has 0 spiro atoms. The zero-order valence-electron chi connectivity index (χ0n) is 17.4. The zero-order chi connectivity index (χ0) is 22.3. The van der Waals surface area contributed by atoms with Gasteiger partial charge in [-0.2, -0.15) is 0 Å². The summed E-state index contributed by atoms with van der Waals surface area (Å²) < 4.78 is 11.2. The van der Waals surface area contributed by atoms with Crippen LogP contribution in [0.5, 0.6) is 17.2 Å². The molecular formula is C25H21N3O4. The van der Waals surface area contributed by atoms with Gasteiger partial charge in [-0.3, -0.25) is 4.79 Å². The van der Waals surface area contributed by atoms with E-state index in [2.05, 4.69) is 15.3 Å². The number of phenols is 1. The van der Waals surface area contributed by atoms with E-state index in [1.165, 1.54) is 19.5 Å². The fourth-order valence-electron chi connectivity index (χ4n) is 3.05. The van der Waals surface area contributed by atoms with Gasteiger partial charge in [0.05, 0.1) is 25.2 Å². The SMILES string of the molecule is COc1cc(C(=O)Nc2cnc(-c3cccc(O)c3)nc2)ccc1OCc1ccccc1. The minimum absolute atomic E-state index is 0.133. The number of aromatic hydroxyl groups is 1. The van der Waals surface area contributed by atoms with Crippen molar-refractivity contribution in [1.82, 2.24) is 9.97 Å². The van der Waals surface area contributed by atoms with Gasteiger partial charge >= 0.3 is 0 Å². The third-order valence-corrected chi connectivity index (χ3v) is 4.68. The number of rotatable bonds is 7. The highest BCUT2D eigenvalue weighted by molar-refractivity contribution is 6.04. The Hall–Kier alpha value is -4.39. The molecule has 0 atom stereocenters. The summed E-state index contributed by atoms with van der Waals surface area (Å²) in [4.78, 5) is 21.2. The maximum Gasteiger partial charge on any atom is 0.255 e. The number of carbonyl (C=O) groups is 1. The molecule has 7 nitrogen and oxygen atoms in total. The summed E-state index contributed by atoms with van der Waals surface area (Å²) >= 11 is 0. The summed E-state index contributed by atoms with van der Waals surface area (Å²) in [6.45, 7) is 0.394. The first-order chi connectivity index (χ1) is 15.6. The maximum absolute atomic E-state index is 12.7. The molecule has 0 aliphatic heterocycles. The van der Waals surface area contributed by atoms with Crippen LogP contribution in [0.4, 0.5) is 5.69 Å². The van der Waals surface area contributed by atoms with E-state index >= 15 is 0 Å². The predicted molar refractivity (Wildman–Crippen MR) is 121 cm³/mol. The van der Waals surface area contributed by atoms with Crippen molar-refractivity contribution >= 4 is 11.6 Å². The Labute approximate surface area is 185 Å². The predicted octanol–water partition coefficient (Wildman–Crippen LogP) is 4.69. The van der Waals surface area contributed by atoms with Crippen molar-refractivity contribution in [3.63, 3.8) is 0 Å². The van der Waals surface area contributed by atoms with Crippen LogP contribution in [-0.2, 0) is 6.61 Å². The number of nitrogens with zero attached hydrogens (tertiary/aromatic N) is 2. The number of hydrogen-bond acceptors (Lipinski definition) is 6. The number of carbonyl (C=O) groups excluding carboxylic acids is 1. The average molecular weight is 427 g/mol. The van der Waals surface area contributed by atoms with E-state index in [0.29, 0.717) is 40.7 Å². The largest absolute Gasteiger partial charge is 0.508 e. The van der Waals surface area contributed by atoms with Crippen molar-refractivity contribution in [2.45, 2.75) is 6.61 Å². The highest BCUT2D eigenvalue weighted by Crippen LogP contribution is 2.29. The van der Waals surface area contributed by atoms with Crippen molar-refractivity contribution in [2.75, 3.05) is 12.4 Å². The first-order valence-corrected chi connectivity index (χ1v) is 9.90. The molecular weight excluding hydrogens is 406 g/mol. The summed E-state index contributed by atoms with van der Waals surface area (Å²) in [5.74, 6) is 1.26. The first-order valence-electron chi connectivity index (χ1n) is 9.90. The third-order valence-electron chi connectivity index (χ3n) is 4.68. The molecule has 4 rings (SSSR count). The summed E-state index contributed by atoms with van der Waals surface area (Å²) in [6.07, 6.45) is 3.03. The maximum atomic E-state index is 12.7. The molecule has 0 bridgehead atoms. The van der Waals surface area contributed by atoms with Gasteiger partial charge in [-0.25, -0.2) is 9.97 Å². The minimum Gasteiger partial charge on any atom is -0.508 e. The molecule has 1 aromatic heterocycles. The Morgan fingerprint density at radius 1 is 0.938 bits per heavy atom. The molecule has 3 aromatic carbocycles. The van der Waals surface area contributed by atoms with Crippen molar-refractivity contribution < 1.29 is 19.4 Å². The lowest BCUT2D eigenvalue weighted by Gasteiger charge is -2.12. The Balaban J connectivity index is 1.43. The van der Waals surface area contributed by atoms with E-state index in [-0.39, 0.29) is 11.7 Å². The summed E-state index contributed by atoms with van der Waals surface area (Å²) in [6, 6.07) is 21.4. The number of phenolic OH excluding ortho intramolecular Hbond substituents is 1. The second kappa shape index (κ2) is 9.61. The van der Waals surface area contributed by atoms with Gasteiger partial charge in [-0.05, 0) is 35.9 Å². The summed E-state index contributed by atoms with van der Waals surface area (Å²) in [7, 11) is 1.53. The first kappa shape index (κ1) is 20.9. The van der Waals surface area contributed by atoms with Gasteiger partial charge in [0, 0.05) is 11.1 Å². The van der Waals surface area contributed by atoms with Crippen LogP contribution in [0.15, 0.2) is 85.2 Å². The molecule has 1 amide bonds. The fourth-order valence-corrected chi connectivity index (χ4v) is 3.05. The molecule has 4 aromatic rings. The Morgan fingerprint density at radius 2 is 1.72 bits per heavy atom. The highest BCUT2D eigenvalue weighted by Gasteiger charge is 2.13. The van der Waals surface area contributed by atoms with E-state index in [0.717, 1.165) is 5.56 Å². The van der Waals surface area contributed by atoms with Crippen LogP contribution in [-0.4, -0.2) is 28.1 Å². The second-order valence-electron chi connectivity index (χ2n) is 6.94. The Bertz CT molecular complexity index is 1210. The van der Waals surface area contributed by atoms with Gasteiger partial charge in [0.15, 0.2) is 17.3 Å². The third kappa shape index (κ3) is 5.02. The number of ether oxygens (including phenoxy) is 2. The van der Waals surface area contributed by atoms with E-state index in [1.54, 1.807) is 42.5 Å². The number of hydrogen-bond donors (Lipinski definition) is 2. The molecule has 0 aliphatic carbocycles. The van der Waals surface area contributed by atoms with Crippen LogP contribution >= 0.6 is 0 Å². The molecule has 0 fully saturated rings. The van der Waals surface area contributed by atoms with Crippen molar-refractivity contribution in [3.8, 4) is 28.6 Å². The molecule has 0 saturated heterocycles. The van der Waals surface area contributed by atoms with E-state index in [9.17, 15) is 9.90 Å². The normalized spacial score (nSPS) is 10.4. The van der Waals surface area contributed by atoms with Crippen LogP contribution in [0.2, 0.25) is 0 Å². The van der Waals surface area contributed by atoms with Gasteiger partial charge < -0.3 is 19.9 Å². The quantitative estimate of drug-likeness (QED) is 0.444. The van der Waals surface area contributed by atoms with E-state index in [4.69, 9.17) is 9.47 Å². The Morgan fingerprint density at radius 3 is 2.44 bits per heavy atom. The Kier molecular flexibility index (Phi) is 6.27. The number of methoxy groups -OCH3 is 1. The van der Waals surface area contributed by atoms with Crippen LogP contribution in [0.3, 0.4) is 0 Å². The molecule has 0 aliphatic rings. The topological polar surface area (TPSA) is 93.6 Å². The van der Waals surface area contributed by atoms with Gasteiger partial charge in [-0.1, -0.05) is 42.5 Å². The lowest BCUT2D eigenvalue weighted by atomic mass is 10.2. The summed E-state index contributed by atoms with van der Waals surface area (Å²) in [5.41, 5.74) is 2.57. The molecule has 2 N–H and O–H groups in total. The second-order valence-corrected chi connectivity index (χ2v) is 6.94. The van der Waals surface area contributed by atoms with Gasteiger partial charge in [-0.15, -0.1) is 0 Å². The van der Waals surface area contributed by atoms with Gasteiger partial charge in [0.2, 0.25) is 0 Å². The van der Waals surface area contributed by atoms with Gasteiger partial charge in [0.25, 0.3) is 5.91 Å². The lowest BCUT2D eigenvalue weighted by Crippen LogP contribution is -2.12. The zero-order valence-corrected chi connectivity index (χ0v) is 17.4. The monoisotopic (exact) mass is 427 g/mol. The molecule has 0 radical (unpaired) electrons. The smallest absolute Gasteiger partial charge is 0.255 e. The number of nitrogens with one attached hydrogen (secondary N) is 1. The lowest BCUT2D eigenvalue weighted by molar-refractivity contribution is 0.102. The molecule has 32 heavy (non-hydrogen) atoms. The average Bonchev–Trinajstić information content (AvgIpc) is 2.83. The number of anilines is 1. The standard InChI is InChI=1S/C25H21N3O4/c1-31-23-13-19(10-11-22(23)32-16-17-6-3-2-4-7-17)25(30)28-20-14-26-24(27-15-20)18-8-5-9-21(29)12-18/h2-15,29H,16H2,1H3,(H,28,30). The molecule has 160 valence electrons. The molecule has 1 heterocycles. The van der Waals surface area contributed by atoms with Crippen molar-refractivity contribution in [1.29, 1.82) is 0 Å². The van der Waals surface area contributed by atoms with Crippen LogP contribution in [0.1, 0.15) is 15.9 Å². The molecule has 7 heteroatoms. The van der Waals surface area contributed by atoms with Crippen LogP contribution in [0.25, 0.3) is 11.4 Å². The van der Waals surface area contributed by atoms with Crippen LogP contribution in [0, 0.1) is 0 Å². The summed E-state index contributed by atoms with van der Waals surface area (Å²) in [5, 5.41) is 12.4. The fraction of sp³-hybridized carbons (Fsp3) is 0.0800. The molecule has 0 saturated carbocycles. The van der Waals surface area contributed by atoms with E-state index in [1.807, 2.05) is 30.3 Å². The van der Waals surface area contributed by atoms with E-state index < -0.39 is 0 Å². The minimum atomic E-state index is -0.327.